The highest BCUT2D eigenvalue weighted by Crippen LogP contribution is 2.25. The molecule has 0 atom stereocenters. The number of carbonyl (C=O) groups is 1. The monoisotopic (exact) mass is 412 g/mol. The topological polar surface area (TPSA) is 50.1 Å². The first-order chi connectivity index (χ1) is 14.1. The number of anilines is 1. The zero-order chi connectivity index (χ0) is 20.4. The molecule has 7 heteroatoms. The Morgan fingerprint density at radius 1 is 1.14 bits per heavy atom. The standard InChI is InChI=1S/C22H25ClN4O2/c1-3-18-20(27-10-6-9-19(29-4-2)21(27)24-18)22(28)26-13-11-25(12-14-26)17-8-5-7-16(23)15-17/h5-10,15H,3-4,11-14H2,1-2H3. The van der Waals surface area contributed by atoms with Crippen molar-refractivity contribution in [3.63, 3.8) is 0 Å². The second kappa shape index (κ2) is 8.33. The number of rotatable bonds is 5. The first kappa shape index (κ1) is 19.6. The van der Waals surface area contributed by atoms with Crippen LogP contribution in [0.15, 0.2) is 42.6 Å². The smallest absolute Gasteiger partial charge is 0.272 e. The number of halogens is 1. The number of pyridine rings is 1. The lowest BCUT2D eigenvalue weighted by atomic mass is 10.2. The summed E-state index contributed by atoms with van der Waals surface area (Å²) < 4.78 is 7.57. The Balaban J connectivity index is 1.57. The van der Waals surface area contributed by atoms with Crippen molar-refractivity contribution in [1.29, 1.82) is 0 Å². The number of aromatic nitrogens is 2. The molecule has 1 saturated heterocycles. The summed E-state index contributed by atoms with van der Waals surface area (Å²) in [6, 6.07) is 11.6. The quantitative estimate of drug-likeness (QED) is 0.637. The third kappa shape index (κ3) is 3.77. The third-order valence-electron chi connectivity index (χ3n) is 5.26. The highest BCUT2D eigenvalue weighted by Gasteiger charge is 2.27. The van der Waals surface area contributed by atoms with Crippen LogP contribution >= 0.6 is 11.6 Å². The SMILES string of the molecule is CCOc1cccn2c(C(=O)N3CCN(c4cccc(Cl)c4)CC3)c(CC)nc12. The van der Waals surface area contributed by atoms with Crippen LogP contribution in [-0.2, 0) is 6.42 Å². The maximum absolute atomic E-state index is 13.4. The Bertz CT molecular complexity index is 1020. The predicted molar refractivity (Wildman–Crippen MR) is 115 cm³/mol. The van der Waals surface area contributed by atoms with Crippen LogP contribution in [0.1, 0.15) is 30.0 Å². The van der Waals surface area contributed by atoms with Gasteiger partial charge in [-0.3, -0.25) is 9.20 Å². The van der Waals surface area contributed by atoms with E-state index in [4.69, 9.17) is 21.3 Å². The molecule has 4 rings (SSSR count). The summed E-state index contributed by atoms with van der Waals surface area (Å²) in [4.78, 5) is 22.3. The summed E-state index contributed by atoms with van der Waals surface area (Å²) in [7, 11) is 0. The minimum Gasteiger partial charge on any atom is -0.490 e. The molecule has 1 aromatic carbocycles. The number of benzene rings is 1. The van der Waals surface area contributed by atoms with Crippen LogP contribution in [-0.4, -0.2) is 53.0 Å². The first-order valence-corrected chi connectivity index (χ1v) is 10.4. The summed E-state index contributed by atoms with van der Waals surface area (Å²) in [5, 5.41) is 0.726. The second-order valence-electron chi connectivity index (χ2n) is 7.02. The average molecular weight is 413 g/mol. The van der Waals surface area contributed by atoms with E-state index in [1.165, 1.54) is 0 Å². The molecule has 0 unspecified atom stereocenters. The number of piperazine rings is 1. The van der Waals surface area contributed by atoms with Gasteiger partial charge in [-0.05, 0) is 43.7 Å². The Kier molecular flexibility index (Phi) is 5.62. The van der Waals surface area contributed by atoms with Gasteiger partial charge in [-0.15, -0.1) is 0 Å². The van der Waals surface area contributed by atoms with Gasteiger partial charge >= 0.3 is 0 Å². The van der Waals surface area contributed by atoms with Gasteiger partial charge in [0.2, 0.25) is 0 Å². The molecule has 152 valence electrons. The number of aryl methyl sites for hydroxylation is 1. The van der Waals surface area contributed by atoms with E-state index in [1.54, 1.807) is 0 Å². The van der Waals surface area contributed by atoms with Crippen molar-refractivity contribution < 1.29 is 9.53 Å². The van der Waals surface area contributed by atoms with Gasteiger partial charge in [0.25, 0.3) is 5.91 Å². The minimum atomic E-state index is 0.0220. The minimum absolute atomic E-state index is 0.0220. The number of ether oxygens (including phenoxy) is 1. The number of hydrogen-bond donors (Lipinski definition) is 0. The van der Waals surface area contributed by atoms with Crippen LogP contribution < -0.4 is 9.64 Å². The summed E-state index contributed by atoms with van der Waals surface area (Å²) in [6.45, 7) is 7.39. The molecular weight excluding hydrogens is 388 g/mol. The van der Waals surface area contributed by atoms with Crippen molar-refractivity contribution in [3.05, 3.63) is 59.0 Å². The van der Waals surface area contributed by atoms with E-state index in [0.29, 0.717) is 43.2 Å². The molecule has 0 spiro atoms. The predicted octanol–water partition coefficient (Wildman–Crippen LogP) is 3.91. The molecule has 0 saturated carbocycles. The van der Waals surface area contributed by atoms with Crippen molar-refractivity contribution in [2.45, 2.75) is 20.3 Å². The van der Waals surface area contributed by atoms with Crippen LogP contribution in [0.2, 0.25) is 5.02 Å². The lowest BCUT2D eigenvalue weighted by Crippen LogP contribution is -2.49. The Morgan fingerprint density at radius 2 is 1.93 bits per heavy atom. The van der Waals surface area contributed by atoms with E-state index >= 15 is 0 Å². The van der Waals surface area contributed by atoms with Gasteiger partial charge < -0.3 is 14.5 Å². The van der Waals surface area contributed by atoms with E-state index in [-0.39, 0.29) is 5.91 Å². The highest BCUT2D eigenvalue weighted by molar-refractivity contribution is 6.30. The van der Waals surface area contributed by atoms with Crippen LogP contribution in [0.3, 0.4) is 0 Å². The fourth-order valence-electron chi connectivity index (χ4n) is 3.82. The Labute approximate surface area is 175 Å². The molecule has 1 fully saturated rings. The van der Waals surface area contributed by atoms with E-state index in [0.717, 1.165) is 29.5 Å². The van der Waals surface area contributed by atoms with Crippen molar-refractivity contribution >= 4 is 28.8 Å². The normalized spacial score (nSPS) is 14.4. The molecule has 3 aromatic rings. The van der Waals surface area contributed by atoms with E-state index in [1.807, 2.05) is 59.7 Å². The first-order valence-electron chi connectivity index (χ1n) is 10.0. The van der Waals surface area contributed by atoms with E-state index in [2.05, 4.69) is 11.0 Å². The van der Waals surface area contributed by atoms with Gasteiger partial charge in [0, 0.05) is 43.1 Å². The Hall–Kier alpha value is -2.73. The van der Waals surface area contributed by atoms with Crippen LogP contribution in [0.4, 0.5) is 5.69 Å². The number of nitrogens with zero attached hydrogens (tertiary/aromatic N) is 4. The molecule has 3 heterocycles. The molecule has 0 bridgehead atoms. The largest absolute Gasteiger partial charge is 0.490 e. The summed E-state index contributed by atoms with van der Waals surface area (Å²) >= 11 is 6.12. The van der Waals surface area contributed by atoms with Crippen molar-refractivity contribution in [3.8, 4) is 5.75 Å². The van der Waals surface area contributed by atoms with Crippen LogP contribution in [0, 0.1) is 0 Å². The van der Waals surface area contributed by atoms with Crippen molar-refractivity contribution in [2.75, 3.05) is 37.7 Å². The molecule has 0 N–H and O–H groups in total. The number of fused-ring (bicyclic) bond motifs is 1. The maximum atomic E-state index is 13.4. The zero-order valence-corrected chi connectivity index (χ0v) is 17.5. The van der Waals surface area contributed by atoms with Gasteiger partial charge in [0.05, 0.1) is 12.3 Å². The van der Waals surface area contributed by atoms with Crippen LogP contribution in [0.25, 0.3) is 5.65 Å². The fourth-order valence-corrected chi connectivity index (χ4v) is 4.01. The molecule has 1 aliphatic heterocycles. The molecule has 1 amide bonds. The molecule has 29 heavy (non-hydrogen) atoms. The number of amides is 1. The molecule has 0 radical (unpaired) electrons. The average Bonchev–Trinajstić information content (AvgIpc) is 3.13. The van der Waals surface area contributed by atoms with Crippen molar-refractivity contribution in [1.82, 2.24) is 14.3 Å². The number of carbonyl (C=O) groups excluding carboxylic acids is 1. The summed E-state index contributed by atoms with van der Waals surface area (Å²) in [6.07, 6.45) is 2.58. The molecule has 2 aromatic heterocycles. The van der Waals surface area contributed by atoms with Crippen molar-refractivity contribution in [2.24, 2.45) is 0 Å². The van der Waals surface area contributed by atoms with Gasteiger partial charge in [-0.1, -0.05) is 24.6 Å². The van der Waals surface area contributed by atoms with Gasteiger partial charge in [0.1, 0.15) is 5.69 Å². The van der Waals surface area contributed by atoms with Gasteiger partial charge in [-0.2, -0.15) is 0 Å². The molecule has 6 nitrogen and oxygen atoms in total. The molecule has 0 aliphatic carbocycles. The second-order valence-corrected chi connectivity index (χ2v) is 7.46. The summed E-state index contributed by atoms with van der Waals surface area (Å²) in [5.41, 5.74) is 3.24. The van der Waals surface area contributed by atoms with E-state index < -0.39 is 0 Å². The zero-order valence-electron chi connectivity index (χ0n) is 16.8. The molecule has 1 aliphatic rings. The molecular formula is C22H25ClN4O2. The highest BCUT2D eigenvalue weighted by atomic mass is 35.5. The van der Waals surface area contributed by atoms with Gasteiger partial charge in [-0.25, -0.2) is 4.98 Å². The lowest BCUT2D eigenvalue weighted by Gasteiger charge is -2.36. The van der Waals surface area contributed by atoms with E-state index in [9.17, 15) is 4.79 Å². The van der Waals surface area contributed by atoms with Crippen LogP contribution in [0.5, 0.6) is 5.75 Å². The fraction of sp³-hybridized carbons (Fsp3) is 0.364. The maximum Gasteiger partial charge on any atom is 0.272 e. The Morgan fingerprint density at radius 3 is 2.62 bits per heavy atom. The lowest BCUT2D eigenvalue weighted by molar-refractivity contribution is 0.0738. The third-order valence-corrected chi connectivity index (χ3v) is 5.50. The number of imidazole rings is 1. The summed E-state index contributed by atoms with van der Waals surface area (Å²) in [5.74, 6) is 0.725. The van der Waals surface area contributed by atoms with Gasteiger partial charge in [0.15, 0.2) is 11.4 Å². The number of hydrogen-bond acceptors (Lipinski definition) is 4.